The molecule has 0 atom stereocenters. The van der Waals surface area contributed by atoms with Crippen LogP contribution in [0.2, 0.25) is 0 Å². The fourth-order valence-corrected chi connectivity index (χ4v) is 0.591. The first kappa shape index (κ1) is 14.3. The molecule has 0 aromatic carbocycles. The molecule has 0 heterocycles. The lowest BCUT2D eigenvalue weighted by Gasteiger charge is -2.05. The molecule has 0 bridgehead atoms. The summed E-state index contributed by atoms with van der Waals surface area (Å²) in [6.07, 6.45) is -4.49. The first-order chi connectivity index (χ1) is 5.56. The molecule has 1 N–H and O–H groups in total. The summed E-state index contributed by atoms with van der Waals surface area (Å²) in [4.78, 5) is 0. The normalized spacial score (nSPS) is 10.5. The van der Waals surface area contributed by atoms with E-state index in [4.69, 9.17) is 0 Å². The second kappa shape index (κ2) is 8.84. The van der Waals surface area contributed by atoms with Crippen molar-refractivity contribution in [1.82, 2.24) is 5.32 Å². The second-order valence-electron chi connectivity index (χ2n) is 2.07. The van der Waals surface area contributed by atoms with Gasteiger partial charge in [0.1, 0.15) is 0 Å². The largest absolute Gasteiger partial charge is 0.389 e. The Morgan fingerprint density at radius 2 is 1.67 bits per heavy atom. The minimum atomic E-state index is -3.99. The van der Waals surface area contributed by atoms with E-state index in [1.165, 1.54) is 0 Å². The van der Waals surface area contributed by atoms with Crippen molar-refractivity contribution in [1.29, 1.82) is 0 Å². The highest BCUT2D eigenvalue weighted by Crippen LogP contribution is 2.20. The van der Waals surface area contributed by atoms with Gasteiger partial charge in [-0.05, 0) is 19.5 Å². The molecule has 0 aromatic rings. The van der Waals surface area contributed by atoms with Crippen molar-refractivity contribution in [2.24, 2.45) is 0 Å². The average Bonchev–Trinajstić information content (AvgIpc) is 2.01. The summed E-state index contributed by atoms with van der Waals surface area (Å²) < 4.78 is 34.4. The monoisotopic (exact) mass is 185 g/mol. The van der Waals surface area contributed by atoms with E-state index in [9.17, 15) is 13.2 Å². The van der Waals surface area contributed by atoms with E-state index in [1.807, 2.05) is 20.8 Å². The molecule has 0 radical (unpaired) electrons. The van der Waals surface area contributed by atoms with Gasteiger partial charge in [0.15, 0.2) is 0 Å². The fourth-order valence-electron chi connectivity index (χ4n) is 0.591. The molecule has 0 amide bonds. The van der Waals surface area contributed by atoms with Crippen molar-refractivity contribution in [2.45, 2.75) is 39.8 Å². The van der Waals surface area contributed by atoms with Gasteiger partial charge in [-0.2, -0.15) is 13.2 Å². The average molecular weight is 185 g/mol. The van der Waals surface area contributed by atoms with Crippen LogP contribution in [0.15, 0.2) is 0 Å². The van der Waals surface area contributed by atoms with Gasteiger partial charge in [-0.15, -0.1) is 0 Å². The van der Waals surface area contributed by atoms with Crippen LogP contribution in [0.4, 0.5) is 13.2 Å². The Morgan fingerprint density at radius 1 is 1.17 bits per heavy atom. The zero-order valence-corrected chi connectivity index (χ0v) is 7.96. The van der Waals surface area contributed by atoms with Crippen molar-refractivity contribution >= 4 is 0 Å². The smallest absolute Gasteiger partial charge is 0.317 e. The molecule has 0 aliphatic carbocycles. The first-order valence-corrected chi connectivity index (χ1v) is 4.33. The maximum atomic E-state index is 11.5. The maximum absolute atomic E-state index is 11.5. The van der Waals surface area contributed by atoms with Gasteiger partial charge >= 0.3 is 6.18 Å². The lowest BCUT2D eigenvalue weighted by atomic mass is 10.3. The second-order valence-corrected chi connectivity index (χ2v) is 2.07. The van der Waals surface area contributed by atoms with Crippen molar-refractivity contribution in [3.05, 3.63) is 0 Å². The predicted octanol–water partition coefficient (Wildman–Crippen LogP) is 2.96. The van der Waals surface area contributed by atoms with Gasteiger partial charge < -0.3 is 5.32 Å². The predicted molar refractivity (Wildman–Crippen MR) is 45.2 cm³/mol. The molecule has 0 spiro atoms. The van der Waals surface area contributed by atoms with Crippen molar-refractivity contribution in [2.75, 3.05) is 13.1 Å². The molecule has 0 saturated heterocycles. The van der Waals surface area contributed by atoms with Crippen molar-refractivity contribution in [3.8, 4) is 0 Å². The van der Waals surface area contributed by atoms with E-state index in [0.717, 1.165) is 6.54 Å². The third-order valence-corrected chi connectivity index (χ3v) is 1.06. The molecule has 12 heavy (non-hydrogen) atoms. The van der Waals surface area contributed by atoms with Crippen LogP contribution in [-0.2, 0) is 0 Å². The zero-order chi connectivity index (χ0) is 10.0. The van der Waals surface area contributed by atoms with E-state index in [1.54, 1.807) is 0 Å². The van der Waals surface area contributed by atoms with E-state index < -0.39 is 12.6 Å². The van der Waals surface area contributed by atoms with Crippen LogP contribution in [-0.4, -0.2) is 19.3 Å². The number of hydrogen-bond acceptors (Lipinski definition) is 1. The SMILES string of the molecule is CC.CCNCCCC(F)(F)F. The van der Waals surface area contributed by atoms with E-state index >= 15 is 0 Å². The molecule has 0 aliphatic rings. The lowest BCUT2D eigenvalue weighted by Crippen LogP contribution is -2.17. The summed E-state index contributed by atoms with van der Waals surface area (Å²) in [6, 6.07) is 0. The molecular weight excluding hydrogens is 167 g/mol. The van der Waals surface area contributed by atoms with Crippen molar-refractivity contribution in [3.63, 3.8) is 0 Å². The van der Waals surface area contributed by atoms with Gasteiger partial charge in [0.25, 0.3) is 0 Å². The van der Waals surface area contributed by atoms with Gasteiger partial charge in [-0.25, -0.2) is 0 Å². The molecule has 4 heteroatoms. The quantitative estimate of drug-likeness (QED) is 0.664. The summed E-state index contributed by atoms with van der Waals surface area (Å²) in [5, 5.41) is 2.82. The Labute approximate surface area is 72.3 Å². The van der Waals surface area contributed by atoms with Crippen LogP contribution in [0.25, 0.3) is 0 Å². The third-order valence-electron chi connectivity index (χ3n) is 1.06. The van der Waals surface area contributed by atoms with Gasteiger partial charge in [0, 0.05) is 6.42 Å². The topological polar surface area (TPSA) is 12.0 Å². The fraction of sp³-hybridized carbons (Fsp3) is 1.00. The number of hydrogen-bond donors (Lipinski definition) is 1. The summed E-state index contributed by atoms with van der Waals surface area (Å²) >= 11 is 0. The minimum Gasteiger partial charge on any atom is -0.317 e. The Morgan fingerprint density at radius 3 is 2.00 bits per heavy atom. The van der Waals surface area contributed by atoms with Crippen molar-refractivity contribution < 1.29 is 13.2 Å². The number of nitrogens with one attached hydrogen (secondary N) is 1. The number of rotatable bonds is 4. The molecule has 0 fully saturated rings. The number of alkyl halides is 3. The van der Waals surface area contributed by atoms with E-state index in [0.29, 0.717) is 6.54 Å². The standard InChI is InChI=1S/C6H12F3N.C2H6/c1-2-10-5-3-4-6(7,8)9;1-2/h10H,2-5H2,1H3;1-2H3. The van der Waals surface area contributed by atoms with Crippen LogP contribution >= 0.6 is 0 Å². The van der Waals surface area contributed by atoms with Gasteiger partial charge in [0.05, 0.1) is 0 Å². The Kier molecular flexibility index (Phi) is 10.5. The maximum Gasteiger partial charge on any atom is 0.389 e. The van der Waals surface area contributed by atoms with E-state index in [2.05, 4.69) is 5.32 Å². The summed E-state index contributed by atoms with van der Waals surface area (Å²) in [7, 11) is 0. The molecule has 0 unspecified atom stereocenters. The molecule has 0 aliphatic heterocycles. The Hall–Kier alpha value is -0.250. The Bertz CT molecular complexity index is 80.9. The molecular formula is C8H18F3N. The van der Waals surface area contributed by atoms with Gasteiger partial charge in [0.2, 0.25) is 0 Å². The van der Waals surface area contributed by atoms with Crippen LogP contribution in [0, 0.1) is 0 Å². The molecule has 1 nitrogen and oxygen atoms in total. The third kappa shape index (κ3) is 16.4. The highest BCUT2D eigenvalue weighted by atomic mass is 19.4. The van der Waals surface area contributed by atoms with Gasteiger partial charge in [-0.3, -0.25) is 0 Å². The van der Waals surface area contributed by atoms with Gasteiger partial charge in [-0.1, -0.05) is 20.8 Å². The Balaban J connectivity index is 0. The summed E-state index contributed by atoms with van der Waals surface area (Å²) in [5.74, 6) is 0. The van der Waals surface area contributed by atoms with Crippen LogP contribution in [0.1, 0.15) is 33.6 Å². The van der Waals surface area contributed by atoms with E-state index in [-0.39, 0.29) is 6.42 Å². The minimum absolute atomic E-state index is 0.178. The molecule has 0 aromatic heterocycles. The summed E-state index contributed by atoms with van der Waals surface area (Å²) in [6.45, 7) is 7.06. The zero-order valence-electron chi connectivity index (χ0n) is 7.96. The van der Waals surface area contributed by atoms with Crippen LogP contribution < -0.4 is 5.32 Å². The highest BCUT2D eigenvalue weighted by Gasteiger charge is 2.25. The first-order valence-electron chi connectivity index (χ1n) is 4.33. The van der Waals surface area contributed by atoms with Crippen LogP contribution in [0.5, 0.6) is 0 Å². The lowest BCUT2D eigenvalue weighted by molar-refractivity contribution is -0.135. The highest BCUT2D eigenvalue weighted by molar-refractivity contribution is 4.52. The van der Waals surface area contributed by atoms with Crippen LogP contribution in [0.3, 0.4) is 0 Å². The summed E-state index contributed by atoms with van der Waals surface area (Å²) in [5.41, 5.74) is 0. The molecule has 0 saturated carbocycles. The number of halogens is 3. The molecule has 0 rings (SSSR count). The molecule has 76 valence electrons.